The zero-order valence-electron chi connectivity index (χ0n) is 18.5. The minimum absolute atomic E-state index is 0.0610. The van der Waals surface area contributed by atoms with Gasteiger partial charge >= 0.3 is 18.1 Å². The van der Waals surface area contributed by atoms with Crippen molar-refractivity contribution in [3.63, 3.8) is 0 Å². The summed E-state index contributed by atoms with van der Waals surface area (Å²) in [6, 6.07) is 0. The second-order valence-electron chi connectivity index (χ2n) is 5.02. The minimum Gasteiger partial charge on any atom is -0.394 e. The Kier molecular flexibility index (Phi) is 23.7. The maximum Gasteiger partial charge on any atom is 0.680 e. The third-order valence-electron chi connectivity index (χ3n) is 2.76. The van der Waals surface area contributed by atoms with Crippen molar-refractivity contribution in [2.75, 3.05) is 79.3 Å². The summed E-state index contributed by atoms with van der Waals surface area (Å²) in [5.41, 5.74) is 0. The van der Waals surface area contributed by atoms with Gasteiger partial charge in [-0.3, -0.25) is 0 Å². The lowest BCUT2D eigenvalue weighted by atomic mass is 10.8. The Morgan fingerprint density at radius 1 is 0.400 bits per heavy atom. The highest BCUT2D eigenvalue weighted by Crippen LogP contribution is 2.12. The first-order valence-corrected chi connectivity index (χ1v) is 13.3. The first kappa shape index (κ1) is 32.1. The molecule has 0 spiro atoms. The van der Waals surface area contributed by atoms with E-state index in [1.807, 2.05) is 27.7 Å². The first-order chi connectivity index (χ1) is 14.5. The Morgan fingerprint density at radius 3 is 0.767 bits per heavy atom. The number of aliphatic hydroxyl groups excluding tert-OH is 4. The van der Waals surface area contributed by atoms with Gasteiger partial charge in [0.1, 0.15) is 0 Å². The van der Waals surface area contributed by atoms with Crippen LogP contribution in [0.3, 0.4) is 0 Å². The fourth-order valence-corrected chi connectivity index (χ4v) is 5.67. The van der Waals surface area contributed by atoms with Gasteiger partial charge in [0.05, 0.1) is 52.9 Å². The van der Waals surface area contributed by atoms with Crippen LogP contribution in [0.2, 0.25) is 0 Å². The van der Waals surface area contributed by atoms with Gasteiger partial charge in [-0.2, -0.15) is 0 Å². The van der Waals surface area contributed by atoms with Crippen LogP contribution < -0.4 is 0 Å². The van der Waals surface area contributed by atoms with Crippen molar-refractivity contribution in [2.45, 2.75) is 27.7 Å². The summed E-state index contributed by atoms with van der Waals surface area (Å²) in [4.78, 5) is 0. The normalized spacial score (nSPS) is 12.0. The molecule has 0 aliphatic carbocycles. The monoisotopic (exact) mass is 480 g/mol. The highest BCUT2D eigenvalue weighted by molar-refractivity contribution is 6.53. The van der Waals surface area contributed by atoms with Crippen molar-refractivity contribution in [2.24, 2.45) is 0 Å². The maximum atomic E-state index is 8.69. The summed E-state index contributed by atoms with van der Waals surface area (Å²) in [6.07, 6.45) is 0. The fourth-order valence-electron chi connectivity index (χ4n) is 1.89. The Balaban J connectivity index is 0. The zero-order chi connectivity index (χ0) is 23.1. The Hall–Kier alpha value is -0.0462. The molecule has 0 saturated carbocycles. The number of hydrogen-bond acceptors (Lipinski definition) is 12. The summed E-state index contributed by atoms with van der Waals surface area (Å²) < 4.78 is 42.4. The van der Waals surface area contributed by atoms with Crippen LogP contribution in [0.15, 0.2) is 0 Å². The van der Waals surface area contributed by atoms with Crippen LogP contribution in [0.4, 0.5) is 0 Å². The molecule has 30 heavy (non-hydrogen) atoms. The fraction of sp³-hybridized carbons (Fsp3) is 1.00. The number of aliphatic hydroxyl groups is 4. The highest BCUT2D eigenvalue weighted by Gasteiger charge is 2.46. The molecule has 0 rings (SSSR count). The predicted octanol–water partition coefficient (Wildman–Crippen LogP) is -0.974. The summed E-state index contributed by atoms with van der Waals surface area (Å²) in [6.45, 7) is 8.56. The first-order valence-electron chi connectivity index (χ1n) is 10.0. The standard InChI is InChI=1S/C8H20O8Si.C8H20O4Si/c9-1-5-13-17(14-6-2-10,15-7-3-11)16-8-4-12;1-5-9-13(10-6-2,11-7-3)12-8-4/h9-12H,1-8H2;5-8H2,1-4H3. The van der Waals surface area contributed by atoms with Crippen molar-refractivity contribution < 1.29 is 55.8 Å². The summed E-state index contributed by atoms with van der Waals surface area (Å²) in [5, 5.41) is 34.8. The Morgan fingerprint density at radius 2 is 0.600 bits per heavy atom. The summed E-state index contributed by atoms with van der Waals surface area (Å²) in [7, 11) is -6.31. The lowest BCUT2D eigenvalue weighted by Gasteiger charge is -2.27. The van der Waals surface area contributed by atoms with E-state index < -0.39 is 18.1 Å². The molecule has 0 aromatic heterocycles. The van der Waals surface area contributed by atoms with Crippen LogP contribution >= 0.6 is 0 Å². The molecule has 14 heteroatoms. The van der Waals surface area contributed by atoms with Gasteiger partial charge < -0.3 is 55.8 Å². The van der Waals surface area contributed by atoms with E-state index in [1.54, 1.807) is 0 Å². The molecule has 12 nitrogen and oxygen atoms in total. The molecular weight excluding hydrogens is 440 g/mol. The largest absolute Gasteiger partial charge is 0.680 e. The van der Waals surface area contributed by atoms with Gasteiger partial charge in [0.2, 0.25) is 0 Å². The summed E-state index contributed by atoms with van der Waals surface area (Å²) >= 11 is 0. The van der Waals surface area contributed by atoms with Gasteiger partial charge in [0.25, 0.3) is 0 Å². The molecule has 0 fully saturated rings. The van der Waals surface area contributed by atoms with E-state index in [1.165, 1.54) is 0 Å². The average molecular weight is 481 g/mol. The third kappa shape index (κ3) is 15.7. The lowest BCUT2D eigenvalue weighted by Crippen LogP contribution is -2.51. The third-order valence-corrected chi connectivity index (χ3v) is 7.56. The molecule has 0 heterocycles. The molecule has 0 aliphatic rings. The van der Waals surface area contributed by atoms with Crippen LogP contribution in [0.25, 0.3) is 0 Å². The molecule has 184 valence electrons. The molecule has 0 bridgehead atoms. The molecule has 0 atom stereocenters. The molecule has 0 unspecified atom stereocenters. The van der Waals surface area contributed by atoms with Gasteiger partial charge in [-0.05, 0) is 27.7 Å². The topological polar surface area (TPSA) is 155 Å². The van der Waals surface area contributed by atoms with Gasteiger partial charge in [0, 0.05) is 26.4 Å². The molecule has 0 saturated heterocycles. The van der Waals surface area contributed by atoms with Gasteiger partial charge in [-0.25, -0.2) is 0 Å². The second kappa shape index (κ2) is 22.2. The van der Waals surface area contributed by atoms with Crippen molar-refractivity contribution in [3.8, 4) is 0 Å². The second-order valence-corrected chi connectivity index (χ2v) is 9.33. The average Bonchev–Trinajstić information content (AvgIpc) is 2.74. The Labute approximate surface area is 181 Å². The summed E-state index contributed by atoms with van der Waals surface area (Å²) in [5.74, 6) is 0. The van der Waals surface area contributed by atoms with Gasteiger partial charge in [0.15, 0.2) is 0 Å². The minimum atomic E-state index is -3.52. The maximum absolute atomic E-state index is 8.69. The van der Waals surface area contributed by atoms with Crippen LogP contribution in [0.1, 0.15) is 27.7 Å². The zero-order valence-corrected chi connectivity index (χ0v) is 20.5. The predicted molar refractivity (Wildman–Crippen MR) is 110 cm³/mol. The number of hydrogen-bond donors (Lipinski definition) is 4. The highest BCUT2D eigenvalue weighted by atomic mass is 28.4. The van der Waals surface area contributed by atoms with Crippen LogP contribution in [0.5, 0.6) is 0 Å². The molecule has 0 aromatic rings. The van der Waals surface area contributed by atoms with Crippen molar-refractivity contribution in [1.29, 1.82) is 0 Å². The van der Waals surface area contributed by atoms with E-state index in [-0.39, 0.29) is 52.9 Å². The van der Waals surface area contributed by atoms with Crippen LogP contribution in [-0.2, 0) is 35.4 Å². The van der Waals surface area contributed by atoms with Crippen LogP contribution in [-0.4, -0.2) is 118 Å². The van der Waals surface area contributed by atoms with Gasteiger partial charge in [-0.15, -0.1) is 0 Å². The smallest absolute Gasteiger partial charge is 0.394 e. The molecule has 0 radical (unpaired) electrons. The van der Waals surface area contributed by atoms with E-state index in [4.69, 9.17) is 55.8 Å². The Bertz CT molecular complexity index is 287. The molecule has 0 amide bonds. The van der Waals surface area contributed by atoms with Crippen molar-refractivity contribution >= 4 is 18.1 Å². The van der Waals surface area contributed by atoms with E-state index in [0.717, 1.165) is 0 Å². The van der Waals surface area contributed by atoms with Gasteiger partial charge in [-0.1, -0.05) is 0 Å². The molecule has 0 aromatic carbocycles. The number of rotatable bonds is 20. The van der Waals surface area contributed by atoms with E-state index in [2.05, 4.69) is 0 Å². The van der Waals surface area contributed by atoms with E-state index in [9.17, 15) is 0 Å². The lowest BCUT2D eigenvalue weighted by molar-refractivity contribution is -0.0547. The molecular formula is C16H40O12Si2. The van der Waals surface area contributed by atoms with E-state index in [0.29, 0.717) is 26.4 Å². The SMILES string of the molecule is CCO[Si](OCC)(OCC)OCC.OCCO[Si](OCCO)(OCCO)OCCO. The van der Waals surface area contributed by atoms with E-state index >= 15 is 0 Å². The van der Waals surface area contributed by atoms with Crippen LogP contribution in [0, 0.1) is 0 Å². The quantitative estimate of drug-likeness (QED) is 0.158. The van der Waals surface area contributed by atoms with Crippen molar-refractivity contribution in [3.05, 3.63) is 0 Å². The molecule has 4 N–H and O–H groups in total. The van der Waals surface area contributed by atoms with Crippen molar-refractivity contribution in [1.82, 2.24) is 0 Å². The molecule has 0 aliphatic heterocycles.